The second-order valence-electron chi connectivity index (χ2n) is 7.10. The lowest BCUT2D eigenvalue weighted by molar-refractivity contribution is 0.102. The number of nitrogens with zero attached hydrogens (tertiary/aromatic N) is 1. The number of para-hydroxylation sites is 1. The van der Waals surface area contributed by atoms with E-state index in [4.69, 9.17) is 4.74 Å². The van der Waals surface area contributed by atoms with Crippen molar-refractivity contribution in [1.82, 2.24) is 0 Å². The number of halogens is 1. The number of carbonyl (C=O) groups is 1. The fourth-order valence-corrected chi connectivity index (χ4v) is 4.13. The zero-order valence-corrected chi connectivity index (χ0v) is 18.2. The van der Waals surface area contributed by atoms with Crippen LogP contribution >= 0.6 is 0 Å². The monoisotopic (exact) mass is 442 g/mol. The highest BCUT2D eigenvalue weighted by Crippen LogP contribution is 2.25. The summed E-state index contributed by atoms with van der Waals surface area (Å²) in [4.78, 5) is 12.5. The standard InChI is InChI=1S/C23H23FN2O4S/c1-16(2)30-19-13-11-18(12-14-19)25-23(27)17-7-6-8-20(15-17)31(28,29)26(3)22-10-5-4-9-21(22)24/h4-16H,1-3H3,(H,25,27). The van der Waals surface area contributed by atoms with E-state index >= 15 is 0 Å². The molecule has 1 N–H and O–H groups in total. The third-order valence-electron chi connectivity index (χ3n) is 4.43. The molecular weight excluding hydrogens is 419 g/mol. The molecule has 0 saturated carbocycles. The van der Waals surface area contributed by atoms with Crippen LogP contribution in [0.1, 0.15) is 24.2 Å². The van der Waals surface area contributed by atoms with Crippen LogP contribution in [0, 0.1) is 5.82 Å². The van der Waals surface area contributed by atoms with E-state index in [2.05, 4.69) is 5.32 Å². The summed E-state index contributed by atoms with van der Waals surface area (Å²) < 4.78 is 46.4. The summed E-state index contributed by atoms with van der Waals surface area (Å²) in [6.07, 6.45) is 0.0348. The number of sulfonamides is 1. The Morgan fingerprint density at radius 1 is 1.00 bits per heavy atom. The third kappa shape index (κ3) is 5.21. The van der Waals surface area contributed by atoms with Crippen molar-refractivity contribution >= 4 is 27.3 Å². The highest BCUT2D eigenvalue weighted by Gasteiger charge is 2.24. The van der Waals surface area contributed by atoms with Gasteiger partial charge in [-0.25, -0.2) is 12.8 Å². The van der Waals surface area contributed by atoms with E-state index in [1.807, 2.05) is 13.8 Å². The average Bonchev–Trinajstić information content (AvgIpc) is 2.74. The van der Waals surface area contributed by atoms with Gasteiger partial charge in [0.2, 0.25) is 0 Å². The highest BCUT2D eigenvalue weighted by molar-refractivity contribution is 7.92. The van der Waals surface area contributed by atoms with Crippen LogP contribution in [0.4, 0.5) is 15.8 Å². The molecule has 0 spiro atoms. The molecule has 8 heteroatoms. The number of carbonyl (C=O) groups excluding carboxylic acids is 1. The van der Waals surface area contributed by atoms with Crippen LogP contribution in [0.3, 0.4) is 0 Å². The molecule has 0 aliphatic carbocycles. The fraction of sp³-hybridized carbons (Fsp3) is 0.174. The Kier molecular flexibility index (Phi) is 6.60. The first-order chi connectivity index (χ1) is 14.7. The first-order valence-electron chi connectivity index (χ1n) is 9.60. The quantitative estimate of drug-likeness (QED) is 0.576. The van der Waals surface area contributed by atoms with E-state index in [0.29, 0.717) is 11.4 Å². The van der Waals surface area contributed by atoms with Crippen molar-refractivity contribution in [1.29, 1.82) is 0 Å². The number of anilines is 2. The van der Waals surface area contributed by atoms with Gasteiger partial charge in [0.25, 0.3) is 15.9 Å². The van der Waals surface area contributed by atoms with Crippen molar-refractivity contribution in [2.24, 2.45) is 0 Å². The SMILES string of the molecule is CC(C)Oc1ccc(NC(=O)c2cccc(S(=O)(=O)N(C)c3ccccc3F)c2)cc1. The van der Waals surface area contributed by atoms with Crippen molar-refractivity contribution in [3.05, 3.63) is 84.2 Å². The van der Waals surface area contributed by atoms with Crippen LogP contribution in [0.15, 0.2) is 77.7 Å². The maximum Gasteiger partial charge on any atom is 0.264 e. The molecule has 0 aliphatic heterocycles. The van der Waals surface area contributed by atoms with E-state index in [1.54, 1.807) is 30.3 Å². The average molecular weight is 443 g/mol. The summed E-state index contributed by atoms with van der Waals surface area (Å²) in [5.74, 6) is -0.451. The van der Waals surface area contributed by atoms with E-state index in [0.717, 1.165) is 4.31 Å². The van der Waals surface area contributed by atoms with Gasteiger partial charge in [0, 0.05) is 18.3 Å². The molecule has 1 amide bonds. The van der Waals surface area contributed by atoms with Gasteiger partial charge in [-0.1, -0.05) is 18.2 Å². The van der Waals surface area contributed by atoms with Gasteiger partial charge in [0.1, 0.15) is 11.6 Å². The number of hydrogen-bond acceptors (Lipinski definition) is 4. The molecule has 6 nitrogen and oxygen atoms in total. The van der Waals surface area contributed by atoms with Gasteiger partial charge in [-0.05, 0) is 68.4 Å². The predicted molar refractivity (Wildman–Crippen MR) is 119 cm³/mol. The van der Waals surface area contributed by atoms with Gasteiger partial charge in [-0.15, -0.1) is 0 Å². The molecule has 162 valence electrons. The molecule has 0 bridgehead atoms. The Bertz CT molecular complexity index is 1180. The molecule has 0 fully saturated rings. The van der Waals surface area contributed by atoms with Crippen molar-refractivity contribution in [3.8, 4) is 5.75 Å². The van der Waals surface area contributed by atoms with E-state index in [-0.39, 0.29) is 22.3 Å². The number of hydrogen-bond donors (Lipinski definition) is 1. The van der Waals surface area contributed by atoms with Crippen LogP contribution in [0.25, 0.3) is 0 Å². The van der Waals surface area contributed by atoms with E-state index in [9.17, 15) is 17.6 Å². The van der Waals surface area contributed by atoms with Crippen molar-refractivity contribution in [3.63, 3.8) is 0 Å². The molecule has 0 unspecified atom stereocenters. The first kappa shape index (κ1) is 22.3. The van der Waals surface area contributed by atoms with E-state index in [1.165, 1.54) is 49.5 Å². The van der Waals surface area contributed by atoms with Crippen LogP contribution in [-0.2, 0) is 10.0 Å². The van der Waals surface area contributed by atoms with Gasteiger partial charge in [0.15, 0.2) is 0 Å². The van der Waals surface area contributed by atoms with Crippen LogP contribution in [0.2, 0.25) is 0 Å². The number of nitrogens with one attached hydrogen (secondary N) is 1. The Hall–Kier alpha value is -3.39. The molecule has 31 heavy (non-hydrogen) atoms. The fourth-order valence-electron chi connectivity index (χ4n) is 2.88. The van der Waals surface area contributed by atoms with Crippen LogP contribution in [0.5, 0.6) is 5.75 Å². The molecule has 3 aromatic carbocycles. The van der Waals surface area contributed by atoms with E-state index < -0.39 is 21.7 Å². The summed E-state index contributed by atoms with van der Waals surface area (Å²) in [5.41, 5.74) is 0.615. The lowest BCUT2D eigenvalue weighted by Crippen LogP contribution is -2.27. The second kappa shape index (κ2) is 9.18. The minimum absolute atomic E-state index is 0.0348. The number of rotatable bonds is 7. The Balaban J connectivity index is 1.80. The maximum absolute atomic E-state index is 14.1. The Morgan fingerprint density at radius 2 is 1.68 bits per heavy atom. The van der Waals surface area contributed by atoms with Crippen molar-refractivity contribution in [2.75, 3.05) is 16.7 Å². The number of ether oxygens (including phenoxy) is 1. The first-order valence-corrected chi connectivity index (χ1v) is 11.0. The van der Waals surface area contributed by atoms with Gasteiger partial charge >= 0.3 is 0 Å². The smallest absolute Gasteiger partial charge is 0.264 e. The Labute approximate surface area is 181 Å². The molecule has 0 aliphatic rings. The molecule has 0 radical (unpaired) electrons. The minimum Gasteiger partial charge on any atom is -0.491 e. The molecule has 3 aromatic rings. The number of benzene rings is 3. The van der Waals surface area contributed by atoms with Crippen molar-refractivity contribution in [2.45, 2.75) is 24.8 Å². The summed E-state index contributed by atoms with van der Waals surface area (Å²) in [6, 6.07) is 18.0. The van der Waals surface area contributed by atoms with Gasteiger partial charge in [-0.2, -0.15) is 0 Å². The zero-order valence-electron chi connectivity index (χ0n) is 17.4. The summed E-state index contributed by atoms with van der Waals surface area (Å²) >= 11 is 0. The molecular formula is C23H23FN2O4S. The van der Waals surface area contributed by atoms with Gasteiger partial charge in [-0.3, -0.25) is 9.10 Å². The van der Waals surface area contributed by atoms with Gasteiger partial charge in [0.05, 0.1) is 16.7 Å². The largest absolute Gasteiger partial charge is 0.491 e. The zero-order chi connectivity index (χ0) is 22.6. The van der Waals surface area contributed by atoms with Gasteiger partial charge < -0.3 is 10.1 Å². The second-order valence-corrected chi connectivity index (χ2v) is 9.07. The molecule has 0 atom stereocenters. The summed E-state index contributed by atoms with van der Waals surface area (Å²) in [6.45, 7) is 3.83. The predicted octanol–water partition coefficient (Wildman–Crippen LogP) is 4.69. The minimum atomic E-state index is -4.06. The lowest BCUT2D eigenvalue weighted by Gasteiger charge is -2.20. The maximum atomic E-state index is 14.1. The number of amides is 1. The third-order valence-corrected chi connectivity index (χ3v) is 6.20. The molecule has 0 aromatic heterocycles. The van der Waals surface area contributed by atoms with Crippen LogP contribution < -0.4 is 14.4 Å². The summed E-state index contributed by atoms with van der Waals surface area (Å²) in [7, 11) is -2.80. The van der Waals surface area contributed by atoms with Crippen molar-refractivity contribution < 1.29 is 22.3 Å². The Morgan fingerprint density at radius 3 is 2.32 bits per heavy atom. The van der Waals surface area contributed by atoms with Crippen LogP contribution in [-0.4, -0.2) is 27.5 Å². The normalized spacial score (nSPS) is 11.3. The molecule has 0 heterocycles. The topological polar surface area (TPSA) is 75.7 Å². The lowest BCUT2D eigenvalue weighted by atomic mass is 10.2. The molecule has 3 rings (SSSR count). The molecule has 0 saturated heterocycles. The highest BCUT2D eigenvalue weighted by atomic mass is 32.2. The summed E-state index contributed by atoms with van der Waals surface area (Å²) in [5, 5.41) is 2.72.